The van der Waals surface area contributed by atoms with Gasteiger partial charge in [0.2, 0.25) is 8.32 Å². The Hall–Kier alpha value is 0.834. The lowest BCUT2D eigenvalue weighted by Crippen LogP contribution is -2.60. The summed E-state index contributed by atoms with van der Waals surface area (Å²) in [7, 11) is -4.03. The average Bonchev–Trinajstić information content (AvgIpc) is 2.39. The zero-order valence-electron chi connectivity index (χ0n) is 10.6. The molecule has 0 amide bonds. The molecule has 0 fully saturated rings. The van der Waals surface area contributed by atoms with Gasteiger partial charge in [-0.1, -0.05) is 20.8 Å². The number of halogens is 4. The number of rotatable bonds is 9. The van der Waals surface area contributed by atoms with Crippen LogP contribution in [-0.2, 0) is 4.12 Å². The van der Waals surface area contributed by atoms with Crippen molar-refractivity contribution in [3.8, 4) is 0 Å². The molecule has 0 aliphatic heterocycles. The molecule has 0 bridgehead atoms. The van der Waals surface area contributed by atoms with Crippen molar-refractivity contribution >= 4 is 40.6 Å². The molecule has 0 saturated heterocycles. The molecule has 0 spiro atoms. The lowest BCUT2D eigenvalue weighted by Gasteiger charge is -2.38. The van der Waals surface area contributed by atoms with E-state index in [1.165, 1.54) is 0 Å². The fourth-order valence-electron chi connectivity index (χ4n) is 1.76. The molecular weight excluding hydrogens is 301 g/mol. The second kappa shape index (κ2) is 8.85. The Kier molecular flexibility index (Phi) is 9.29. The van der Waals surface area contributed by atoms with Crippen LogP contribution < -0.4 is 0 Å². The van der Waals surface area contributed by atoms with Crippen LogP contribution in [-0.4, -0.2) is 40.7 Å². The van der Waals surface area contributed by atoms with Crippen LogP contribution in [0.1, 0.15) is 20.8 Å². The molecule has 0 aliphatic carbocycles. The molecule has 0 aromatic rings. The summed E-state index contributed by atoms with van der Waals surface area (Å²) in [6, 6.07) is 2.22. The number of hydrogen-bond acceptors (Lipinski definition) is 1. The first-order chi connectivity index (χ1) is 8.02. The maximum atomic E-state index is 14.0. The summed E-state index contributed by atoms with van der Waals surface area (Å²) < 4.78 is 32.7. The van der Waals surface area contributed by atoms with E-state index in [9.17, 15) is 8.78 Å². The van der Waals surface area contributed by atoms with Gasteiger partial charge in [-0.2, -0.15) is 0 Å². The third-order valence-corrected chi connectivity index (χ3v) is 12.8. The summed E-state index contributed by atoms with van der Waals surface area (Å²) in [4.78, 5) is 0. The summed E-state index contributed by atoms with van der Waals surface area (Å²) in [5.41, 5.74) is 0. The summed E-state index contributed by atoms with van der Waals surface area (Å²) >= 11 is 11.9. The van der Waals surface area contributed by atoms with Crippen molar-refractivity contribution in [2.24, 2.45) is 0 Å². The average molecular weight is 322 g/mol. The molecule has 0 aliphatic rings. The van der Waals surface area contributed by atoms with E-state index in [1.807, 2.05) is 20.8 Å². The van der Waals surface area contributed by atoms with E-state index in [0.717, 1.165) is 12.1 Å². The SMILES string of the molecule is CC[Si](CC)O[Si](CC)(C(F)CF)C(Cl)CCl. The van der Waals surface area contributed by atoms with E-state index >= 15 is 0 Å². The molecule has 0 N–H and O–H groups in total. The largest absolute Gasteiger partial charge is 0.452 e. The molecule has 0 aromatic heterocycles. The van der Waals surface area contributed by atoms with Crippen molar-refractivity contribution in [1.29, 1.82) is 0 Å². The Morgan fingerprint density at radius 1 is 1.29 bits per heavy atom. The van der Waals surface area contributed by atoms with Gasteiger partial charge in [0, 0.05) is 5.88 Å². The van der Waals surface area contributed by atoms with Crippen LogP contribution in [0, 0.1) is 0 Å². The molecule has 7 heteroatoms. The molecule has 103 valence electrons. The Morgan fingerprint density at radius 3 is 2.12 bits per heavy atom. The Bertz CT molecular complexity index is 199. The summed E-state index contributed by atoms with van der Waals surface area (Å²) in [6.45, 7) is 4.82. The molecule has 1 nitrogen and oxygen atoms in total. The monoisotopic (exact) mass is 321 g/mol. The van der Waals surface area contributed by atoms with Gasteiger partial charge in [-0.15, -0.1) is 23.2 Å². The molecular formula is C10H21Cl2F2OSi2. The van der Waals surface area contributed by atoms with Gasteiger partial charge >= 0.3 is 0 Å². The van der Waals surface area contributed by atoms with Gasteiger partial charge < -0.3 is 4.12 Å². The highest BCUT2D eigenvalue weighted by atomic mass is 35.5. The van der Waals surface area contributed by atoms with E-state index in [0.29, 0.717) is 6.04 Å². The highest BCUT2D eigenvalue weighted by Gasteiger charge is 2.49. The number of hydrogen-bond donors (Lipinski definition) is 0. The zero-order valence-corrected chi connectivity index (χ0v) is 14.1. The van der Waals surface area contributed by atoms with Crippen LogP contribution in [0.4, 0.5) is 8.78 Å². The molecule has 1 radical (unpaired) electrons. The van der Waals surface area contributed by atoms with Crippen molar-refractivity contribution in [2.75, 3.05) is 12.6 Å². The minimum Gasteiger partial charge on any atom is -0.452 e. The van der Waals surface area contributed by atoms with Crippen LogP contribution in [0.2, 0.25) is 18.1 Å². The van der Waals surface area contributed by atoms with E-state index in [-0.39, 0.29) is 5.88 Å². The van der Waals surface area contributed by atoms with E-state index in [4.69, 9.17) is 27.3 Å². The van der Waals surface area contributed by atoms with Gasteiger partial charge in [-0.25, -0.2) is 8.78 Å². The van der Waals surface area contributed by atoms with Gasteiger partial charge in [0.25, 0.3) is 0 Å². The highest BCUT2D eigenvalue weighted by Crippen LogP contribution is 2.30. The molecule has 0 saturated carbocycles. The third kappa shape index (κ3) is 4.46. The predicted octanol–water partition coefficient (Wildman–Crippen LogP) is 4.23. The third-order valence-electron chi connectivity index (χ3n) is 3.01. The van der Waals surface area contributed by atoms with Gasteiger partial charge in [0.1, 0.15) is 12.5 Å². The van der Waals surface area contributed by atoms with Crippen molar-refractivity contribution in [3.63, 3.8) is 0 Å². The van der Waals surface area contributed by atoms with E-state index in [2.05, 4.69) is 0 Å². The Balaban J connectivity index is 5.03. The van der Waals surface area contributed by atoms with Gasteiger partial charge in [-0.3, -0.25) is 0 Å². The minimum atomic E-state index is -2.94. The first-order valence-electron chi connectivity index (χ1n) is 5.96. The van der Waals surface area contributed by atoms with Crippen molar-refractivity contribution in [3.05, 3.63) is 0 Å². The zero-order chi connectivity index (χ0) is 13.5. The lowest BCUT2D eigenvalue weighted by molar-refractivity contribution is 0.298. The van der Waals surface area contributed by atoms with Crippen LogP contribution in [0.15, 0.2) is 0 Å². The van der Waals surface area contributed by atoms with Crippen LogP contribution in [0.3, 0.4) is 0 Å². The quantitative estimate of drug-likeness (QED) is 0.456. The van der Waals surface area contributed by atoms with Gasteiger partial charge in [0.05, 0.1) is 5.00 Å². The maximum absolute atomic E-state index is 14.0. The smallest absolute Gasteiger partial charge is 0.237 e. The van der Waals surface area contributed by atoms with Crippen LogP contribution in [0.5, 0.6) is 0 Å². The topological polar surface area (TPSA) is 9.23 Å². The Labute approximate surface area is 116 Å². The summed E-state index contributed by atoms with van der Waals surface area (Å²) in [5.74, 6) is -1.46. The maximum Gasteiger partial charge on any atom is 0.237 e. The highest BCUT2D eigenvalue weighted by molar-refractivity contribution is 6.87. The first-order valence-corrected chi connectivity index (χ1v) is 11.0. The molecule has 0 aromatic carbocycles. The number of alkyl halides is 4. The standard InChI is InChI=1S/C10H21Cl2F2OSi2/c1-4-16(5-2)15-17(6-3,9(12)7-11)10(14)8-13/h9-10H,4-8H2,1-3H3. The second-order valence-corrected chi connectivity index (χ2v) is 12.3. The minimum absolute atomic E-state index is 0.116. The van der Waals surface area contributed by atoms with Gasteiger partial charge in [-0.05, 0) is 18.1 Å². The second-order valence-electron chi connectivity index (χ2n) is 3.90. The van der Waals surface area contributed by atoms with Crippen molar-refractivity contribution < 1.29 is 12.9 Å². The van der Waals surface area contributed by atoms with Crippen LogP contribution in [0.25, 0.3) is 0 Å². The first kappa shape index (κ1) is 17.8. The normalized spacial score (nSPS) is 19.1. The molecule has 3 unspecified atom stereocenters. The molecule has 3 atom stereocenters. The summed E-state index contributed by atoms with van der Waals surface area (Å²) in [6.07, 6.45) is 0. The fraction of sp³-hybridized carbons (Fsp3) is 1.00. The predicted molar refractivity (Wildman–Crippen MR) is 75.3 cm³/mol. The summed E-state index contributed by atoms with van der Waals surface area (Å²) in [5, 5.41) is -0.571. The molecule has 0 rings (SSSR count). The fourth-order valence-corrected chi connectivity index (χ4v) is 11.0. The Morgan fingerprint density at radius 2 is 1.82 bits per heavy atom. The van der Waals surface area contributed by atoms with Gasteiger partial charge in [0.15, 0.2) is 9.04 Å². The lowest BCUT2D eigenvalue weighted by atomic mass is 10.8. The molecule has 0 heterocycles. The van der Waals surface area contributed by atoms with E-state index < -0.39 is 34.8 Å². The molecule has 17 heavy (non-hydrogen) atoms. The van der Waals surface area contributed by atoms with E-state index in [1.54, 1.807) is 0 Å². The van der Waals surface area contributed by atoms with Crippen molar-refractivity contribution in [1.82, 2.24) is 0 Å². The van der Waals surface area contributed by atoms with Crippen molar-refractivity contribution in [2.45, 2.75) is 49.7 Å². The van der Waals surface area contributed by atoms with Crippen LogP contribution >= 0.6 is 23.2 Å².